The molecular weight excluding hydrogens is 705 g/mol. The molecule has 13 rings (SSSR count). The van der Waals surface area contributed by atoms with E-state index in [9.17, 15) is 0 Å². The van der Waals surface area contributed by atoms with Crippen LogP contribution in [-0.4, -0.2) is 19.1 Å². The molecule has 0 radical (unpaired) electrons. The molecular formula is C54H32N4. The average Bonchev–Trinajstić information content (AvgIpc) is 3.92. The highest BCUT2D eigenvalue weighted by Gasteiger charge is 2.24. The normalized spacial score (nSPS) is 12.1. The SMILES string of the molecule is c1cc(-c2nc3c4c(cccc4n2)-c2ccccc2-3)cc(-n2c3ccccc3c3cc(-c4ccc5c(c4)c4ccccc4n5-c4ccc5ccccc5c4)ccc32)c1. The first-order chi connectivity index (χ1) is 28.7. The van der Waals surface area contributed by atoms with Gasteiger partial charge in [0.1, 0.15) is 0 Å². The lowest BCUT2D eigenvalue weighted by molar-refractivity contribution is 1.17. The van der Waals surface area contributed by atoms with Crippen LogP contribution in [0.25, 0.3) is 122 Å². The van der Waals surface area contributed by atoms with Crippen LogP contribution in [0.3, 0.4) is 0 Å². The van der Waals surface area contributed by atoms with Crippen molar-refractivity contribution in [2.75, 3.05) is 0 Å². The molecule has 9 aromatic carbocycles. The fourth-order valence-electron chi connectivity index (χ4n) is 9.62. The molecule has 0 atom stereocenters. The van der Waals surface area contributed by atoms with Gasteiger partial charge in [-0.25, -0.2) is 9.97 Å². The van der Waals surface area contributed by atoms with Gasteiger partial charge in [-0.1, -0.05) is 127 Å². The Morgan fingerprint density at radius 2 is 0.914 bits per heavy atom. The van der Waals surface area contributed by atoms with E-state index in [-0.39, 0.29) is 0 Å². The lowest BCUT2D eigenvalue weighted by Gasteiger charge is -2.11. The van der Waals surface area contributed by atoms with Gasteiger partial charge in [0.25, 0.3) is 0 Å². The smallest absolute Gasteiger partial charge is 0.160 e. The Balaban J connectivity index is 0.945. The quantitative estimate of drug-likeness (QED) is 0.180. The zero-order valence-electron chi connectivity index (χ0n) is 31.3. The molecule has 0 unspecified atom stereocenters. The van der Waals surface area contributed by atoms with Crippen molar-refractivity contribution in [1.29, 1.82) is 0 Å². The van der Waals surface area contributed by atoms with Gasteiger partial charge in [0.05, 0.1) is 33.3 Å². The van der Waals surface area contributed by atoms with Crippen LogP contribution in [0.15, 0.2) is 194 Å². The molecule has 3 heterocycles. The van der Waals surface area contributed by atoms with Crippen LogP contribution < -0.4 is 0 Å². The van der Waals surface area contributed by atoms with Crippen molar-refractivity contribution >= 4 is 65.3 Å². The van der Waals surface area contributed by atoms with Crippen LogP contribution in [0.5, 0.6) is 0 Å². The van der Waals surface area contributed by atoms with E-state index in [4.69, 9.17) is 9.97 Å². The fourth-order valence-corrected chi connectivity index (χ4v) is 9.62. The highest BCUT2D eigenvalue weighted by molar-refractivity contribution is 6.14. The molecule has 0 fully saturated rings. The van der Waals surface area contributed by atoms with Crippen molar-refractivity contribution < 1.29 is 0 Å². The second kappa shape index (κ2) is 11.8. The molecule has 1 aliphatic carbocycles. The van der Waals surface area contributed by atoms with Crippen LogP contribution in [0.1, 0.15) is 0 Å². The predicted molar refractivity (Wildman–Crippen MR) is 241 cm³/mol. The monoisotopic (exact) mass is 736 g/mol. The maximum Gasteiger partial charge on any atom is 0.160 e. The van der Waals surface area contributed by atoms with Crippen molar-refractivity contribution in [2.24, 2.45) is 0 Å². The third-order valence-electron chi connectivity index (χ3n) is 12.2. The van der Waals surface area contributed by atoms with E-state index in [1.54, 1.807) is 0 Å². The van der Waals surface area contributed by atoms with Crippen LogP contribution in [0.2, 0.25) is 0 Å². The molecule has 0 amide bonds. The Labute approximate surface area is 333 Å². The molecule has 58 heavy (non-hydrogen) atoms. The molecule has 0 N–H and O–H groups in total. The van der Waals surface area contributed by atoms with Gasteiger partial charge in [0, 0.05) is 49.4 Å². The Morgan fingerprint density at radius 1 is 0.328 bits per heavy atom. The summed E-state index contributed by atoms with van der Waals surface area (Å²) in [5.74, 6) is 0.735. The zero-order chi connectivity index (χ0) is 37.9. The van der Waals surface area contributed by atoms with Crippen LogP contribution in [0, 0.1) is 0 Å². The number of hydrogen-bond donors (Lipinski definition) is 0. The second-order valence-corrected chi connectivity index (χ2v) is 15.4. The summed E-state index contributed by atoms with van der Waals surface area (Å²) < 4.78 is 4.78. The second-order valence-electron chi connectivity index (χ2n) is 15.4. The largest absolute Gasteiger partial charge is 0.309 e. The lowest BCUT2D eigenvalue weighted by atomic mass is 10.0. The highest BCUT2D eigenvalue weighted by atomic mass is 15.0. The Morgan fingerprint density at radius 3 is 1.66 bits per heavy atom. The van der Waals surface area contributed by atoms with Crippen molar-refractivity contribution in [3.8, 4) is 56.3 Å². The van der Waals surface area contributed by atoms with Crippen molar-refractivity contribution in [1.82, 2.24) is 19.1 Å². The number of nitrogens with zero attached hydrogens (tertiary/aromatic N) is 4. The standard InChI is InChI=1S/C54H32N4/c1-2-12-34-29-39(26-23-33(34)11-1)58-49-22-8-6-17-42(49)46-32-36(25-28-51(46)58)35-24-27-50-45(31-35)41-16-5-7-21-48(41)57(50)38-14-9-13-37(30-38)54-55-47-20-10-19-43-40-15-3-4-18-44(40)53(56-54)52(43)47/h1-32H. The summed E-state index contributed by atoms with van der Waals surface area (Å²) in [5, 5.41) is 8.55. The minimum Gasteiger partial charge on any atom is -0.309 e. The van der Waals surface area contributed by atoms with Gasteiger partial charge in [-0.2, -0.15) is 0 Å². The number of hydrogen-bond acceptors (Lipinski definition) is 2. The topological polar surface area (TPSA) is 35.6 Å². The number of rotatable bonds is 4. The molecule has 0 bridgehead atoms. The first kappa shape index (κ1) is 31.4. The molecule has 3 aromatic heterocycles. The molecule has 1 aliphatic rings. The minimum atomic E-state index is 0.735. The van der Waals surface area contributed by atoms with E-state index in [2.05, 4.69) is 203 Å². The summed E-state index contributed by atoms with van der Waals surface area (Å²) in [7, 11) is 0. The highest BCUT2D eigenvalue weighted by Crippen LogP contribution is 2.46. The molecule has 12 aromatic rings. The molecule has 0 saturated carbocycles. The summed E-state index contributed by atoms with van der Waals surface area (Å²) in [5.41, 5.74) is 15.9. The summed E-state index contributed by atoms with van der Waals surface area (Å²) >= 11 is 0. The average molecular weight is 737 g/mol. The van der Waals surface area contributed by atoms with E-state index in [0.29, 0.717) is 0 Å². The molecule has 4 heteroatoms. The summed E-state index contributed by atoms with van der Waals surface area (Å²) in [4.78, 5) is 10.4. The number of aromatic nitrogens is 4. The molecule has 268 valence electrons. The van der Waals surface area contributed by atoms with Gasteiger partial charge < -0.3 is 9.13 Å². The maximum absolute atomic E-state index is 5.22. The predicted octanol–water partition coefficient (Wildman–Crippen LogP) is 14.0. The molecule has 4 nitrogen and oxygen atoms in total. The molecule has 0 saturated heterocycles. The molecule has 0 aliphatic heterocycles. The van der Waals surface area contributed by atoms with E-state index < -0.39 is 0 Å². The van der Waals surface area contributed by atoms with Crippen LogP contribution in [0.4, 0.5) is 0 Å². The zero-order valence-corrected chi connectivity index (χ0v) is 31.3. The maximum atomic E-state index is 5.22. The number of para-hydroxylation sites is 2. The van der Waals surface area contributed by atoms with E-state index in [0.717, 1.165) is 44.7 Å². The first-order valence-electron chi connectivity index (χ1n) is 19.8. The number of benzene rings is 9. The van der Waals surface area contributed by atoms with Gasteiger partial charge in [0.2, 0.25) is 0 Å². The Kier molecular flexibility index (Phi) is 6.41. The van der Waals surface area contributed by atoms with Gasteiger partial charge in [-0.3, -0.25) is 0 Å². The fraction of sp³-hybridized carbons (Fsp3) is 0. The van der Waals surface area contributed by atoms with Crippen LogP contribution >= 0.6 is 0 Å². The van der Waals surface area contributed by atoms with E-state index >= 15 is 0 Å². The summed E-state index contributed by atoms with van der Waals surface area (Å²) in [6.07, 6.45) is 0. The van der Waals surface area contributed by atoms with Crippen molar-refractivity contribution in [2.45, 2.75) is 0 Å². The van der Waals surface area contributed by atoms with Gasteiger partial charge in [-0.15, -0.1) is 0 Å². The Bertz CT molecular complexity index is 3700. The Hall–Kier alpha value is -7.82. The minimum absolute atomic E-state index is 0.735. The van der Waals surface area contributed by atoms with Gasteiger partial charge >= 0.3 is 0 Å². The third-order valence-corrected chi connectivity index (χ3v) is 12.2. The number of fused-ring (bicyclic) bond motifs is 10. The molecule has 0 spiro atoms. The third kappa shape index (κ3) is 4.45. The first-order valence-corrected chi connectivity index (χ1v) is 19.8. The van der Waals surface area contributed by atoms with E-state index in [1.165, 1.54) is 76.9 Å². The van der Waals surface area contributed by atoms with E-state index in [1.807, 2.05) is 0 Å². The lowest BCUT2D eigenvalue weighted by Crippen LogP contribution is -1.97. The van der Waals surface area contributed by atoms with Gasteiger partial charge in [-0.05, 0) is 99.8 Å². The summed E-state index contributed by atoms with van der Waals surface area (Å²) in [6, 6.07) is 70.3. The van der Waals surface area contributed by atoms with Crippen LogP contribution in [-0.2, 0) is 0 Å². The van der Waals surface area contributed by atoms with Crippen molar-refractivity contribution in [3.05, 3.63) is 194 Å². The van der Waals surface area contributed by atoms with Crippen molar-refractivity contribution in [3.63, 3.8) is 0 Å². The van der Waals surface area contributed by atoms with Gasteiger partial charge in [0.15, 0.2) is 5.82 Å². The summed E-state index contributed by atoms with van der Waals surface area (Å²) in [6.45, 7) is 0.